The van der Waals surface area contributed by atoms with Crippen molar-refractivity contribution in [2.24, 2.45) is 11.8 Å². The summed E-state index contributed by atoms with van der Waals surface area (Å²) in [7, 11) is 0. The normalized spacial score (nSPS) is 21.6. The Morgan fingerprint density at radius 2 is 1.95 bits per heavy atom. The highest BCUT2D eigenvalue weighted by molar-refractivity contribution is 5.94. The molecule has 2 unspecified atom stereocenters. The van der Waals surface area contributed by atoms with Crippen molar-refractivity contribution >= 4 is 17.6 Å². The third kappa shape index (κ3) is 2.91. The Kier molecular flexibility index (Phi) is 3.81. The molecule has 1 aliphatic rings. The molecule has 19 heavy (non-hydrogen) atoms. The highest BCUT2D eigenvalue weighted by atomic mass is 16.4. The summed E-state index contributed by atoms with van der Waals surface area (Å²) in [6.07, 6.45) is 1.49. The standard InChI is InChI=1S/C14H14N2O3/c15-8-11-3-1-2-4-12(11)16-13(17)9-5-6-10(7-9)14(18)19/h1-4,9-10H,5-7H2,(H,16,17)(H,18,19). The summed E-state index contributed by atoms with van der Waals surface area (Å²) in [5.41, 5.74) is 0.886. The molecule has 0 aliphatic heterocycles. The van der Waals surface area contributed by atoms with Crippen molar-refractivity contribution in [1.82, 2.24) is 0 Å². The van der Waals surface area contributed by atoms with E-state index in [0.29, 0.717) is 30.5 Å². The van der Waals surface area contributed by atoms with Gasteiger partial charge in [0.15, 0.2) is 0 Å². The molecule has 2 atom stereocenters. The molecule has 0 bridgehead atoms. The van der Waals surface area contributed by atoms with E-state index in [2.05, 4.69) is 5.32 Å². The average molecular weight is 258 g/mol. The Labute approximate surface area is 110 Å². The summed E-state index contributed by atoms with van der Waals surface area (Å²) < 4.78 is 0. The van der Waals surface area contributed by atoms with Crippen LogP contribution in [0.3, 0.4) is 0 Å². The van der Waals surface area contributed by atoms with Crippen LogP contribution in [0, 0.1) is 23.2 Å². The van der Waals surface area contributed by atoms with Crippen LogP contribution in [-0.4, -0.2) is 17.0 Å². The quantitative estimate of drug-likeness (QED) is 0.867. The largest absolute Gasteiger partial charge is 0.481 e. The van der Waals surface area contributed by atoms with Crippen LogP contribution < -0.4 is 5.32 Å². The van der Waals surface area contributed by atoms with E-state index in [0.717, 1.165) is 0 Å². The van der Waals surface area contributed by atoms with Gasteiger partial charge in [-0.05, 0) is 31.4 Å². The predicted octanol–water partition coefficient (Wildman–Crippen LogP) is 2.00. The Morgan fingerprint density at radius 1 is 1.26 bits per heavy atom. The van der Waals surface area contributed by atoms with Crippen molar-refractivity contribution in [2.45, 2.75) is 19.3 Å². The molecule has 1 amide bonds. The van der Waals surface area contributed by atoms with E-state index < -0.39 is 11.9 Å². The van der Waals surface area contributed by atoms with Crippen molar-refractivity contribution < 1.29 is 14.7 Å². The van der Waals surface area contributed by atoms with Crippen LogP contribution in [0.5, 0.6) is 0 Å². The number of nitrogens with zero attached hydrogens (tertiary/aromatic N) is 1. The molecule has 2 rings (SSSR count). The van der Waals surface area contributed by atoms with E-state index in [9.17, 15) is 9.59 Å². The van der Waals surface area contributed by atoms with Crippen LogP contribution >= 0.6 is 0 Å². The molecule has 1 aromatic carbocycles. The molecule has 5 heteroatoms. The third-order valence-electron chi connectivity index (χ3n) is 3.46. The third-order valence-corrected chi connectivity index (χ3v) is 3.46. The number of nitriles is 1. The van der Waals surface area contributed by atoms with E-state index >= 15 is 0 Å². The highest BCUT2D eigenvalue weighted by Gasteiger charge is 2.33. The lowest BCUT2D eigenvalue weighted by atomic mass is 10.0. The van der Waals surface area contributed by atoms with Crippen molar-refractivity contribution in [2.75, 3.05) is 5.32 Å². The molecule has 1 saturated carbocycles. The SMILES string of the molecule is N#Cc1ccccc1NC(=O)C1CCC(C(=O)O)C1. The van der Waals surface area contributed by atoms with Gasteiger partial charge in [-0.2, -0.15) is 5.26 Å². The van der Waals surface area contributed by atoms with Crippen molar-refractivity contribution in [1.29, 1.82) is 5.26 Å². The second-order valence-corrected chi connectivity index (χ2v) is 4.69. The maximum absolute atomic E-state index is 12.0. The number of carbonyl (C=O) groups is 2. The second-order valence-electron chi connectivity index (χ2n) is 4.69. The smallest absolute Gasteiger partial charge is 0.306 e. The minimum atomic E-state index is -0.840. The van der Waals surface area contributed by atoms with Gasteiger partial charge < -0.3 is 10.4 Å². The van der Waals surface area contributed by atoms with Gasteiger partial charge in [0.1, 0.15) is 6.07 Å². The van der Waals surface area contributed by atoms with Gasteiger partial charge in [0.2, 0.25) is 5.91 Å². The van der Waals surface area contributed by atoms with E-state index in [1.807, 2.05) is 6.07 Å². The average Bonchev–Trinajstić information content (AvgIpc) is 2.89. The van der Waals surface area contributed by atoms with Gasteiger partial charge in [-0.25, -0.2) is 0 Å². The second kappa shape index (κ2) is 5.53. The number of carboxylic acid groups (broad SMARTS) is 1. The molecule has 5 nitrogen and oxygen atoms in total. The minimum Gasteiger partial charge on any atom is -0.481 e. The number of nitrogens with one attached hydrogen (secondary N) is 1. The molecule has 0 heterocycles. The number of hydrogen-bond acceptors (Lipinski definition) is 3. The number of hydrogen-bond donors (Lipinski definition) is 2. The molecule has 1 fully saturated rings. The zero-order valence-corrected chi connectivity index (χ0v) is 10.3. The number of benzene rings is 1. The first-order valence-electron chi connectivity index (χ1n) is 6.14. The van der Waals surface area contributed by atoms with Gasteiger partial charge in [0, 0.05) is 5.92 Å². The van der Waals surface area contributed by atoms with Gasteiger partial charge in [-0.3, -0.25) is 9.59 Å². The molecule has 2 N–H and O–H groups in total. The minimum absolute atomic E-state index is 0.202. The van der Waals surface area contributed by atoms with Gasteiger partial charge in [-0.1, -0.05) is 12.1 Å². The first-order valence-corrected chi connectivity index (χ1v) is 6.14. The summed E-state index contributed by atoms with van der Waals surface area (Å²) in [6.45, 7) is 0. The molecule has 0 radical (unpaired) electrons. The number of para-hydroxylation sites is 1. The van der Waals surface area contributed by atoms with Crippen LogP contribution in [0.15, 0.2) is 24.3 Å². The predicted molar refractivity (Wildman–Crippen MR) is 68.3 cm³/mol. The van der Waals surface area contributed by atoms with Gasteiger partial charge >= 0.3 is 5.97 Å². The fraction of sp³-hybridized carbons (Fsp3) is 0.357. The summed E-state index contributed by atoms with van der Waals surface area (Å²) >= 11 is 0. The lowest BCUT2D eigenvalue weighted by Crippen LogP contribution is -2.22. The zero-order valence-electron chi connectivity index (χ0n) is 10.3. The Balaban J connectivity index is 2.03. The lowest BCUT2D eigenvalue weighted by Gasteiger charge is -2.11. The molecule has 1 aliphatic carbocycles. The summed E-state index contributed by atoms with van der Waals surface area (Å²) in [6, 6.07) is 8.77. The van der Waals surface area contributed by atoms with Crippen LogP contribution in [0.2, 0.25) is 0 Å². The molecular weight excluding hydrogens is 244 g/mol. The van der Waals surface area contributed by atoms with E-state index in [4.69, 9.17) is 10.4 Å². The number of carbonyl (C=O) groups excluding carboxylic acids is 1. The van der Waals surface area contributed by atoms with Crippen LogP contribution in [-0.2, 0) is 9.59 Å². The number of amides is 1. The molecule has 0 saturated heterocycles. The van der Waals surface area contributed by atoms with Crippen LogP contribution in [0.25, 0.3) is 0 Å². The Bertz CT molecular complexity index is 548. The molecule has 0 aromatic heterocycles. The fourth-order valence-electron chi connectivity index (χ4n) is 2.37. The highest BCUT2D eigenvalue weighted by Crippen LogP contribution is 2.32. The summed E-state index contributed by atoms with van der Waals surface area (Å²) in [5.74, 6) is -1.76. The van der Waals surface area contributed by atoms with Crippen molar-refractivity contribution in [3.63, 3.8) is 0 Å². The van der Waals surface area contributed by atoms with Crippen LogP contribution in [0.4, 0.5) is 5.69 Å². The Hall–Kier alpha value is -2.35. The van der Waals surface area contributed by atoms with E-state index in [1.54, 1.807) is 24.3 Å². The molecule has 98 valence electrons. The van der Waals surface area contributed by atoms with Gasteiger partial charge in [0.05, 0.1) is 17.2 Å². The summed E-state index contributed by atoms with van der Waals surface area (Å²) in [5, 5.41) is 20.6. The molecule has 0 spiro atoms. The lowest BCUT2D eigenvalue weighted by molar-refractivity contribution is -0.141. The number of anilines is 1. The fourth-order valence-corrected chi connectivity index (χ4v) is 2.37. The summed E-state index contributed by atoms with van der Waals surface area (Å²) in [4.78, 5) is 22.9. The maximum atomic E-state index is 12.0. The van der Waals surface area contributed by atoms with Crippen LogP contribution in [0.1, 0.15) is 24.8 Å². The monoisotopic (exact) mass is 258 g/mol. The zero-order chi connectivity index (χ0) is 13.8. The number of aliphatic carboxylic acids is 1. The molecular formula is C14H14N2O3. The van der Waals surface area contributed by atoms with E-state index in [1.165, 1.54) is 0 Å². The number of carboxylic acids is 1. The Morgan fingerprint density at radius 3 is 2.58 bits per heavy atom. The van der Waals surface area contributed by atoms with Gasteiger partial charge in [0.25, 0.3) is 0 Å². The number of rotatable bonds is 3. The van der Waals surface area contributed by atoms with Gasteiger partial charge in [-0.15, -0.1) is 0 Å². The van der Waals surface area contributed by atoms with Crippen molar-refractivity contribution in [3.05, 3.63) is 29.8 Å². The maximum Gasteiger partial charge on any atom is 0.306 e. The van der Waals surface area contributed by atoms with Crippen molar-refractivity contribution in [3.8, 4) is 6.07 Å². The topological polar surface area (TPSA) is 90.2 Å². The first-order chi connectivity index (χ1) is 9.11. The first kappa shape index (κ1) is 13.1. The van der Waals surface area contributed by atoms with E-state index in [-0.39, 0.29) is 11.8 Å². The molecule has 1 aromatic rings.